The number of halogens is 4. The van der Waals surface area contributed by atoms with Gasteiger partial charge in [-0.1, -0.05) is 23.7 Å². The fraction of sp³-hybridized carbons (Fsp3) is 0.500. The predicted molar refractivity (Wildman–Crippen MR) is 108 cm³/mol. The van der Waals surface area contributed by atoms with Crippen molar-refractivity contribution in [1.82, 2.24) is 9.55 Å². The van der Waals surface area contributed by atoms with E-state index in [1.807, 2.05) is 11.0 Å². The second-order valence-corrected chi connectivity index (χ2v) is 8.18. The minimum Gasteiger partial charge on any atom is -0.378 e. The summed E-state index contributed by atoms with van der Waals surface area (Å²) in [7, 11) is 0. The molecule has 0 unspecified atom stereocenters. The largest absolute Gasteiger partial charge is 0.413 e. The zero-order valence-corrected chi connectivity index (χ0v) is 17.2. The predicted octanol–water partition coefficient (Wildman–Crippen LogP) is 3.12. The summed E-state index contributed by atoms with van der Waals surface area (Å²) in [5, 5.41) is 0.525. The smallest absolute Gasteiger partial charge is 0.378 e. The average Bonchev–Trinajstić information content (AvgIpc) is 3.00. The van der Waals surface area contributed by atoms with Crippen molar-refractivity contribution in [3.63, 3.8) is 0 Å². The molecule has 2 aromatic rings. The van der Waals surface area contributed by atoms with Gasteiger partial charge in [0.1, 0.15) is 5.82 Å². The molecule has 6 nitrogen and oxygen atoms in total. The van der Waals surface area contributed by atoms with Gasteiger partial charge in [0.05, 0.1) is 19.8 Å². The van der Waals surface area contributed by atoms with Crippen LogP contribution in [-0.4, -0.2) is 54.1 Å². The molecule has 1 fully saturated rings. The number of rotatable bonds is 4. The summed E-state index contributed by atoms with van der Waals surface area (Å²) < 4.78 is 48.7. The van der Waals surface area contributed by atoms with E-state index in [1.165, 1.54) is 11.0 Å². The lowest BCUT2D eigenvalue weighted by Gasteiger charge is -2.37. The van der Waals surface area contributed by atoms with Crippen LogP contribution in [0, 0.1) is 0 Å². The highest BCUT2D eigenvalue weighted by Crippen LogP contribution is 2.43. The Morgan fingerprint density at radius 2 is 1.97 bits per heavy atom. The summed E-state index contributed by atoms with van der Waals surface area (Å²) in [6, 6.07) is 8.33. The number of aromatic nitrogens is 2. The van der Waals surface area contributed by atoms with Crippen LogP contribution in [0.5, 0.6) is 0 Å². The third-order valence-corrected chi connectivity index (χ3v) is 5.97. The average molecular weight is 443 g/mol. The Morgan fingerprint density at radius 1 is 1.23 bits per heavy atom. The Balaban J connectivity index is 1.71. The first kappa shape index (κ1) is 21.0. The van der Waals surface area contributed by atoms with Crippen LogP contribution in [0.2, 0.25) is 5.02 Å². The molecule has 0 bridgehead atoms. The summed E-state index contributed by atoms with van der Waals surface area (Å²) in [6.07, 6.45) is -4.20. The number of fused-ring (bicyclic) bond motifs is 1. The fourth-order valence-electron chi connectivity index (χ4n) is 3.93. The van der Waals surface area contributed by atoms with Gasteiger partial charge in [-0.3, -0.25) is 9.36 Å². The van der Waals surface area contributed by atoms with Crippen LogP contribution in [0.1, 0.15) is 12.5 Å². The molecule has 2 aliphatic heterocycles. The Bertz CT molecular complexity index is 991. The second kappa shape index (κ2) is 7.77. The van der Waals surface area contributed by atoms with Gasteiger partial charge in [0.25, 0.3) is 5.56 Å². The number of ether oxygens (including phenoxy) is 1. The maximum absolute atomic E-state index is 14.1. The highest BCUT2D eigenvalue weighted by molar-refractivity contribution is 6.30. The second-order valence-electron chi connectivity index (χ2n) is 7.74. The summed E-state index contributed by atoms with van der Waals surface area (Å²) in [4.78, 5) is 20.3. The zero-order valence-electron chi connectivity index (χ0n) is 16.5. The molecule has 1 saturated heterocycles. The molecule has 0 radical (unpaired) electrons. The Hall–Kier alpha value is -2.26. The molecular weight excluding hydrogens is 421 g/mol. The number of benzene rings is 1. The van der Waals surface area contributed by atoms with Gasteiger partial charge in [-0.25, -0.2) is 0 Å². The highest BCUT2D eigenvalue weighted by atomic mass is 35.5. The van der Waals surface area contributed by atoms with Gasteiger partial charge in [-0.15, -0.1) is 0 Å². The zero-order chi connectivity index (χ0) is 21.5. The van der Waals surface area contributed by atoms with E-state index in [2.05, 4.69) is 4.98 Å². The Morgan fingerprint density at radius 3 is 2.63 bits per heavy atom. The van der Waals surface area contributed by atoms with E-state index in [0.717, 1.165) is 17.1 Å². The van der Waals surface area contributed by atoms with Gasteiger partial charge in [0.15, 0.2) is 5.54 Å². The van der Waals surface area contributed by atoms with Gasteiger partial charge >= 0.3 is 6.18 Å². The Kier molecular flexibility index (Phi) is 5.44. The quantitative estimate of drug-likeness (QED) is 0.728. The molecule has 3 heterocycles. The number of hydrogen-bond acceptors (Lipinski definition) is 5. The molecule has 1 aromatic heterocycles. The van der Waals surface area contributed by atoms with Gasteiger partial charge in [0.2, 0.25) is 5.95 Å². The van der Waals surface area contributed by atoms with Gasteiger partial charge in [0, 0.05) is 30.7 Å². The van der Waals surface area contributed by atoms with E-state index >= 15 is 0 Å². The van der Waals surface area contributed by atoms with Crippen molar-refractivity contribution < 1.29 is 17.9 Å². The maximum Gasteiger partial charge on any atom is 0.413 e. The van der Waals surface area contributed by atoms with Crippen LogP contribution in [0.25, 0.3) is 0 Å². The molecule has 0 amide bonds. The van der Waals surface area contributed by atoms with Crippen molar-refractivity contribution in [2.24, 2.45) is 0 Å². The first-order chi connectivity index (χ1) is 14.2. The minimum atomic E-state index is -4.54. The SMILES string of the molecule is C[C@@]1(C(F)(F)F)Cn2c(nc(N3CCOCC3)cc2=O)N1CCc1cccc(Cl)c1. The van der Waals surface area contributed by atoms with Crippen LogP contribution in [0.3, 0.4) is 0 Å². The molecule has 4 rings (SSSR count). The first-order valence-electron chi connectivity index (χ1n) is 9.72. The normalized spacial score (nSPS) is 21.8. The third-order valence-electron chi connectivity index (χ3n) is 5.74. The summed E-state index contributed by atoms with van der Waals surface area (Å²) in [6.45, 7) is 2.72. The molecule has 2 aliphatic rings. The molecule has 0 saturated carbocycles. The van der Waals surface area contributed by atoms with Crippen molar-refractivity contribution in [3.8, 4) is 0 Å². The van der Waals surface area contributed by atoms with Crippen LogP contribution < -0.4 is 15.4 Å². The summed E-state index contributed by atoms with van der Waals surface area (Å²) >= 11 is 6.01. The topological polar surface area (TPSA) is 50.6 Å². The number of alkyl halides is 3. The Labute approximate surface area is 176 Å². The lowest BCUT2D eigenvalue weighted by atomic mass is 10.00. The molecule has 1 atom stereocenters. The summed E-state index contributed by atoms with van der Waals surface area (Å²) in [5.74, 6) is 0.430. The van der Waals surface area contributed by atoms with Crippen LogP contribution >= 0.6 is 11.6 Å². The maximum atomic E-state index is 14.1. The van der Waals surface area contributed by atoms with Gasteiger partial charge < -0.3 is 14.5 Å². The summed E-state index contributed by atoms with van der Waals surface area (Å²) in [5.41, 5.74) is -1.90. The number of nitrogens with zero attached hydrogens (tertiary/aromatic N) is 4. The van der Waals surface area contributed by atoms with Crippen LogP contribution in [0.4, 0.5) is 24.9 Å². The van der Waals surface area contributed by atoms with Crippen molar-refractivity contribution in [2.75, 3.05) is 42.6 Å². The fourth-order valence-corrected chi connectivity index (χ4v) is 4.14. The van der Waals surface area contributed by atoms with E-state index in [0.29, 0.717) is 43.6 Å². The van der Waals surface area contributed by atoms with Crippen LogP contribution in [-0.2, 0) is 17.7 Å². The molecule has 0 spiro atoms. The first-order valence-corrected chi connectivity index (χ1v) is 10.1. The molecule has 0 N–H and O–H groups in total. The number of morpholine rings is 1. The molecule has 10 heteroatoms. The van der Waals surface area contributed by atoms with E-state index in [1.54, 1.807) is 18.2 Å². The van der Waals surface area contributed by atoms with E-state index in [9.17, 15) is 18.0 Å². The minimum absolute atomic E-state index is 0.0471. The van der Waals surface area contributed by atoms with Gasteiger partial charge in [-0.2, -0.15) is 18.2 Å². The number of hydrogen-bond donors (Lipinski definition) is 0. The van der Waals surface area contributed by atoms with E-state index in [-0.39, 0.29) is 12.5 Å². The van der Waals surface area contributed by atoms with E-state index < -0.39 is 23.8 Å². The van der Waals surface area contributed by atoms with Gasteiger partial charge in [-0.05, 0) is 31.0 Å². The molecule has 30 heavy (non-hydrogen) atoms. The lowest BCUT2D eigenvalue weighted by Crippen LogP contribution is -2.56. The van der Waals surface area contributed by atoms with Crippen molar-refractivity contribution in [2.45, 2.75) is 31.6 Å². The van der Waals surface area contributed by atoms with Crippen LogP contribution in [0.15, 0.2) is 35.1 Å². The molecule has 0 aliphatic carbocycles. The number of anilines is 2. The van der Waals surface area contributed by atoms with Crippen molar-refractivity contribution >= 4 is 23.4 Å². The van der Waals surface area contributed by atoms with Crippen molar-refractivity contribution in [3.05, 3.63) is 51.3 Å². The highest BCUT2D eigenvalue weighted by Gasteiger charge is 2.59. The molecule has 1 aromatic carbocycles. The lowest BCUT2D eigenvalue weighted by molar-refractivity contribution is -0.182. The standard InChI is InChI=1S/C20H22ClF3N4O2/c1-19(20(22,23)24)13-27-17(29)12-16(26-7-9-30-10-8-26)25-18(27)28(19)6-5-14-3-2-4-15(21)11-14/h2-4,11-12H,5-10,13H2,1H3/t19-/m0/s1. The van der Waals surface area contributed by atoms with E-state index in [4.69, 9.17) is 16.3 Å². The third kappa shape index (κ3) is 3.76. The van der Waals surface area contributed by atoms with Crippen molar-refractivity contribution in [1.29, 1.82) is 0 Å². The molecular formula is C20H22ClF3N4O2. The molecule has 162 valence electrons. The monoisotopic (exact) mass is 442 g/mol.